The lowest BCUT2D eigenvalue weighted by Crippen LogP contribution is -2.22. The number of amides is 1. The Labute approximate surface area is 160 Å². The second-order valence-corrected chi connectivity index (χ2v) is 5.57. The highest BCUT2D eigenvalue weighted by Crippen LogP contribution is 2.31. The molecule has 2 heterocycles. The molecule has 0 aliphatic carbocycles. The van der Waals surface area contributed by atoms with Gasteiger partial charge in [-0.2, -0.15) is 10.2 Å². The van der Waals surface area contributed by atoms with Crippen LogP contribution in [-0.2, 0) is 4.79 Å². The lowest BCUT2D eigenvalue weighted by Gasteiger charge is -2.12. The van der Waals surface area contributed by atoms with Crippen molar-refractivity contribution in [2.45, 2.75) is 0 Å². The number of carbonyl (C=O) groups is 1. The highest BCUT2D eigenvalue weighted by Gasteiger charge is 2.17. The van der Waals surface area contributed by atoms with Crippen LogP contribution in [0.5, 0.6) is 17.4 Å². The number of aromatic nitrogens is 2. The molecule has 8 nitrogen and oxygen atoms in total. The Morgan fingerprint density at radius 3 is 2.61 bits per heavy atom. The van der Waals surface area contributed by atoms with E-state index in [2.05, 4.69) is 10.3 Å². The van der Waals surface area contributed by atoms with Gasteiger partial charge in [0.15, 0.2) is 11.5 Å². The number of pyridine rings is 1. The van der Waals surface area contributed by atoms with Crippen LogP contribution in [0.2, 0.25) is 0 Å². The van der Waals surface area contributed by atoms with E-state index in [-0.39, 0.29) is 17.0 Å². The number of likely N-dealkylation sites (N-methyl/N-ethyl adjacent to an activating group) is 1. The molecule has 2 aromatic heterocycles. The number of methoxy groups -OCH3 is 1. The summed E-state index contributed by atoms with van der Waals surface area (Å²) in [4.78, 5) is 29.3. The minimum atomic E-state index is -0.622. The number of nitrogens with one attached hydrogen (secondary N) is 1. The molecular formula is C20H16N4O4. The second-order valence-electron chi connectivity index (χ2n) is 5.57. The number of hydrogen-bond donors (Lipinski definition) is 1. The lowest BCUT2D eigenvalue weighted by molar-refractivity contribution is -0.116. The monoisotopic (exact) mass is 376 g/mol. The average Bonchev–Trinajstić information content (AvgIpc) is 2.73. The molecule has 3 aromatic rings. The van der Waals surface area contributed by atoms with Crippen molar-refractivity contribution in [2.75, 3.05) is 14.2 Å². The Balaban J connectivity index is 2.26. The van der Waals surface area contributed by atoms with E-state index in [0.29, 0.717) is 17.1 Å². The van der Waals surface area contributed by atoms with Crippen molar-refractivity contribution in [3.63, 3.8) is 0 Å². The fourth-order valence-corrected chi connectivity index (χ4v) is 2.52. The maximum Gasteiger partial charge on any atom is 0.269 e. The Morgan fingerprint density at radius 1 is 1.21 bits per heavy atom. The van der Waals surface area contributed by atoms with Crippen LogP contribution >= 0.6 is 0 Å². The maximum absolute atomic E-state index is 13.0. The lowest BCUT2D eigenvalue weighted by atomic mass is 10.1. The van der Waals surface area contributed by atoms with E-state index in [1.54, 1.807) is 54.7 Å². The van der Waals surface area contributed by atoms with Crippen LogP contribution in [-0.4, -0.2) is 29.4 Å². The van der Waals surface area contributed by atoms with Crippen molar-refractivity contribution in [3.8, 4) is 23.4 Å². The van der Waals surface area contributed by atoms with Gasteiger partial charge in [-0.1, -0.05) is 18.2 Å². The van der Waals surface area contributed by atoms with Gasteiger partial charge >= 0.3 is 0 Å². The summed E-state index contributed by atoms with van der Waals surface area (Å²) >= 11 is 0. The van der Waals surface area contributed by atoms with E-state index >= 15 is 0 Å². The van der Waals surface area contributed by atoms with Crippen molar-refractivity contribution >= 4 is 17.6 Å². The number of rotatable bonds is 5. The first kappa shape index (κ1) is 18.7. The van der Waals surface area contributed by atoms with E-state index in [4.69, 9.17) is 9.47 Å². The Kier molecular flexibility index (Phi) is 5.37. The fourth-order valence-electron chi connectivity index (χ4n) is 2.52. The Morgan fingerprint density at radius 2 is 1.93 bits per heavy atom. The first-order valence-corrected chi connectivity index (χ1v) is 8.25. The third kappa shape index (κ3) is 3.54. The van der Waals surface area contributed by atoms with Gasteiger partial charge in [0.1, 0.15) is 22.9 Å². The molecule has 0 unspecified atom stereocenters. The van der Waals surface area contributed by atoms with Crippen molar-refractivity contribution in [1.82, 2.24) is 14.7 Å². The van der Waals surface area contributed by atoms with Gasteiger partial charge in [-0.3, -0.25) is 14.0 Å². The number of nitrogens with zero attached hydrogens (tertiary/aromatic N) is 3. The molecule has 0 saturated heterocycles. The molecule has 0 saturated carbocycles. The van der Waals surface area contributed by atoms with Crippen molar-refractivity contribution < 1.29 is 14.3 Å². The van der Waals surface area contributed by atoms with Crippen molar-refractivity contribution in [2.24, 2.45) is 0 Å². The van der Waals surface area contributed by atoms with Crippen LogP contribution in [0.4, 0.5) is 0 Å². The Bertz CT molecular complexity index is 1170. The van der Waals surface area contributed by atoms with Crippen LogP contribution in [0.1, 0.15) is 5.56 Å². The van der Waals surface area contributed by atoms with E-state index in [9.17, 15) is 14.9 Å². The number of carbonyl (C=O) groups excluding carboxylic acids is 1. The zero-order valence-corrected chi connectivity index (χ0v) is 15.2. The van der Waals surface area contributed by atoms with Gasteiger partial charge in [-0.05, 0) is 30.3 Å². The summed E-state index contributed by atoms with van der Waals surface area (Å²) in [6.07, 6.45) is 2.71. The van der Waals surface area contributed by atoms with Gasteiger partial charge in [0.05, 0.1) is 7.11 Å². The van der Waals surface area contributed by atoms with Crippen molar-refractivity contribution in [3.05, 3.63) is 70.2 Å². The third-order valence-electron chi connectivity index (χ3n) is 3.89. The van der Waals surface area contributed by atoms with Crippen LogP contribution in [0.15, 0.2) is 59.0 Å². The number of benzene rings is 1. The molecule has 0 fully saturated rings. The molecule has 8 heteroatoms. The van der Waals surface area contributed by atoms with Crippen molar-refractivity contribution in [1.29, 1.82) is 5.26 Å². The molecule has 28 heavy (non-hydrogen) atoms. The highest BCUT2D eigenvalue weighted by atomic mass is 16.5. The first-order valence-electron chi connectivity index (χ1n) is 8.25. The largest absolute Gasteiger partial charge is 0.493 e. The minimum Gasteiger partial charge on any atom is -0.493 e. The first-order chi connectivity index (χ1) is 13.6. The van der Waals surface area contributed by atoms with Gasteiger partial charge in [0, 0.05) is 13.2 Å². The third-order valence-corrected chi connectivity index (χ3v) is 3.89. The number of hydrogen-bond acceptors (Lipinski definition) is 6. The predicted molar refractivity (Wildman–Crippen MR) is 102 cm³/mol. The van der Waals surface area contributed by atoms with Crippen LogP contribution in [0.25, 0.3) is 11.7 Å². The highest BCUT2D eigenvalue weighted by molar-refractivity contribution is 6.01. The predicted octanol–water partition coefficient (Wildman–Crippen LogP) is 2.15. The molecule has 0 atom stereocenters. The van der Waals surface area contributed by atoms with Crippen LogP contribution in [0.3, 0.4) is 0 Å². The van der Waals surface area contributed by atoms with E-state index in [0.717, 1.165) is 0 Å². The fraction of sp³-hybridized carbons (Fsp3) is 0.100. The summed E-state index contributed by atoms with van der Waals surface area (Å²) in [6.45, 7) is 0. The molecule has 1 aromatic carbocycles. The molecule has 0 spiro atoms. The minimum absolute atomic E-state index is 0.0326. The summed E-state index contributed by atoms with van der Waals surface area (Å²) in [6, 6.07) is 13.7. The van der Waals surface area contributed by atoms with Gasteiger partial charge < -0.3 is 14.8 Å². The number of para-hydroxylation sites is 2. The van der Waals surface area contributed by atoms with Crippen LogP contribution < -0.4 is 20.3 Å². The summed E-state index contributed by atoms with van der Waals surface area (Å²) < 4.78 is 12.4. The number of fused-ring (bicyclic) bond motifs is 1. The standard InChI is InChI=1S/C20H16N4O4/c1-22-18(25)13(12-21)11-14-19(28-16-8-4-3-7-15(16)27-2)23-17-9-5-6-10-24(17)20(14)26/h3-11H,1-2H3,(H,22,25). The molecule has 0 aliphatic rings. The van der Waals surface area contributed by atoms with Gasteiger partial charge in [-0.25, -0.2) is 0 Å². The summed E-state index contributed by atoms with van der Waals surface area (Å²) in [5.74, 6) is 0.116. The quantitative estimate of drug-likeness (QED) is 0.540. The topological polar surface area (TPSA) is 106 Å². The summed E-state index contributed by atoms with van der Waals surface area (Å²) in [5.41, 5.74) is -0.405. The average molecular weight is 376 g/mol. The number of ether oxygens (including phenoxy) is 2. The molecule has 140 valence electrons. The second kappa shape index (κ2) is 8.05. The summed E-state index contributed by atoms with van der Waals surface area (Å²) in [7, 11) is 2.89. The molecule has 0 aliphatic heterocycles. The molecule has 1 N–H and O–H groups in total. The van der Waals surface area contributed by atoms with Gasteiger partial charge in [0.2, 0.25) is 5.88 Å². The zero-order valence-electron chi connectivity index (χ0n) is 15.2. The molecule has 3 rings (SSSR count). The van der Waals surface area contributed by atoms with E-state index < -0.39 is 11.5 Å². The molecular weight excluding hydrogens is 360 g/mol. The summed E-state index contributed by atoms with van der Waals surface area (Å²) in [5, 5.41) is 11.6. The molecule has 0 bridgehead atoms. The normalized spacial score (nSPS) is 11.0. The van der Waals surface area contributed by atoms with E-state index in [1.807, 2.05) is 0 Å². The molecule has 1 amide bonds. The molecule has 0 radical (unpaired) electrons. The van der Waals surface area contributed by atoms with Crippen LogP contribution in [0, 0.1) is 11.3 Å². The smallest absolute Gasteiger partial charge is 0.269 e. The Hall–Kier alpha value is -4.12. The van der Waals surface area contributed by atoms with Gasteiger partial charge in [-0.15, -0.1) is 0 Å². The maximum atomic E-state index is 13.0. The van der Waals surface area contributed by atoms with Gasteiger partial charge in [0.25, 0.3) is 11.5 Å². The number of nitriles is 1. The van der Waals surface area contributed by atoms with E-state index in [1.165, 1.54) is 24.6 Å². The SMILES string of the molecule is CNC(=O)C(C#N)=Cc1c(Oc2ccccc2OC)nc2ccccn2c1=O. The zero-order chi connectivity index (χ0) is 20.1.